The van der Waals surface area contributed by atoms with Crippen LogP contribution in [0.4, 0.5) is 5.69 Å². The first-order valence-corrected chi connectivity index (χ1v) is 11.3. The van der Waals surface area contributed by atoms with E-state index in [9.17, 15) is 18.0 Å². The van der Waals surface area contributed by atoms with Crippen molar-refractivity contribution in [1.82, 2.24) is 0 Å². The van der Waals surface area contributed by atoms with Crippen LogP contribution in [0.3, 0.4) is 0 Å². The summed E-state index contributed by atoms with van der Waals surface area (Å²) in [5.74, 6) is -0.841. The van der Waals surface area contributed by atoms with Crippen molar-refractivity contribution in [1.29, 1.82) is 0 Å². The van der Waals surface area contributed by atoms with Crippen molar-refractivity contribution in [2.24, 2.45) is 5.14 Å². The average Bonchev–Trinajstić information content (AvgIpc) is 2.71. The zero-order chi connectivity index (χ0) is 23.0. The van der Waals surface area contributed by atoms with Crippen molar-refractivity contribution in [3.63, 3.8) is 0 Å². The molecule has 31 heavy (non-hydrogen) atoms. The third-order valence-corrected chi connectivity index (χ3v) is 4.97. The van der Waals surface area contributed by atoms with Crippen LogP contribution < -0.4 is 19.9 Å². The van der Waals surface area contributed by atoms with Crippen LogP contribution in [0.2, 0.25) is 5.02 Å². The van der Waals surface area contributed by atoms with Gasteiger partial charge in [-0.25, -0.2) is 18.4 Å². The lowest BCUT2D eigenvalue weighted by atomic mass is 10.2. The number of benzene rings is 2. The number of nitrogens with one attached hydrogen (secondary N) is 1. The molecule has 1 amide bonds. The number of esters is 1. The van der Waals surface area contributed by atoms with Crippen molar-refractivity contribution < 1.29 is 32.2 Å². The topological polar surface area (TPSA) is 134 Å². The summed E-state index contributed by atoms with van der Waals surface area (Å²) in [6.07, 6.45) is 0.765. The molecule has 11 heteroatoms. The molecule has 0 aliphatic heterocycles. The minimum Gasteiger partial charge on any atom is -0.490 e. The van der Waals surface area contributed by atoms with Gasteiger partial charge in [-0.05, 0) is 43.7 Å². The highest BCUT2D eigenvalue weighted by Crippen LogP contribution is 2.37. The summed E-state index contributed by atoms with van der Waals surface area (Å²) in [6.45, 7) is 3.87. The predicted octanol–water partition coefficient (Wildman–Crippen LogP) is 2.97. The SMILES string of the molecule is CCCOc1c(Cl)cc(C(=O)OCC(=O)Nc2cccc(S(N)(=O)=O)c2)cc1OCC. The Morgan fingerprint density at radius 3 is 2.52 bits per heavy atom. The van der Waals surface area contributed by atoms with E-state index in [1.54, 1.807) is 6.92 Å². The average molecular weight is 471 g/mol. The van der Waals surface area contributed by atoms with Gasteiger partial charge in [-0.3, -0.25) is 4.79 Å². The fourth-order valence-electron chi connectivity index (χ4n) is 2.46. The van der Waals surface area contributed by atoms with Crippen LogP contribution in [0.25, 0.3) is 0 Å². The van der Waals surface area contributed by atoms with E-state index in [2.05, 4.69) is 5.32 Å². The number of hydrogen-bond acceptors (Lipinski definition) is 7. The van der Waals surface area contributed by atoms with Crippen LogP contribution in [-0.4, -0.2) is 40.1 Å². The zero-order valence-corrected chi connectivity index (χ0v) is 18.6. The number of hydrogen-bond donors (Lipinski definition) is 2. The fraction of sp³-hybridized carbons (Fsp3) is 0.300. The molecule has 0 atom stereocenters. The van der Waals surface area contributed by atoms with Gasteiger partial charge in [0.2, 0.25) is 10.0 Å². The second kappa shape index (κ2) is 11.0. The molecule has 2 aromatic carbocycles. The molecule has 0 heterocycles. The molecule has 3 N–H and O–H groups in total. The molecule has 0 fully saturated rings. The van der Waals surface area contributed by atoms with E-state index in [4.69, 9.17) is 31.0 Å². The van der Waals surface area contributed by atoms with Gasteiger partial charge in [0.05, 0.1) is 28.7 Å². The van der Waals surface area contributed by atoms with Crippen molar-refractivity contribution >= 4 is 39.2 Å². The van der Waals surface area contributed by atoms with Crippen LogP contribution in [0.1, 0.15) is 30.6 Å². The van der Waals surface area contributed by atoms with Gasteiger partial charge in [0.25, 0.3) is 5.91 Å². The number of carbonyl (C=O) groups excluding carboxylic acids is 2. The minimum atomic E-state index is -3.92. The predicted molar refractivity (Wildman–Crippen MR) is 115 cm³/mol. The molecule has 9 nitrogen and oxygen atoms in total. The van der Waals surface area contributed by atoms with Crippen LogP contribution >= 0.6 is 11.6 Å². The normalized spacial score (nSPS) is 11.0. The number of carbonyl (C=O) groups is 2. The summed E-state index contributed by atoms with van der Waals surface area (Å²) < 4.78 is 38.9. The van der Waals surface area contributed by atoms with Crippen molar-refractivity contribution in [3.8, 4) is 11.5 Å². The van der Waals surface area contributed by atoms with Gasteiger partial charge in [-0.1, -0.05) is 24.6 Å². The fourth-order valence-corrected chi connectivity index (χ4v) is 3.28. The number of ether oxygens (including phenoxy) is 3. The number of sulfonamides is 1. The molecule has 0 bridgehead atoms. The number of halogens is 1. The largest absolute Gasteiger partial charge is 0.490 e. The lowest BCUT2D eigenvalue weighted by Gasteiger charge is -2.14. The van der Waals surface area contributed by atoms with Gasteiger partial charge in [0, 0.05) is 5.69 Å². The number of primary sulfonamides is 1. The molecule has 0 aliphatic carbocycles. The Kier molecular flexibility index (Phi) is 8.66. The standard InChI is InChI=1S/C20H23ClN2O7S/c1-3-8-29-19-16(21)9-13(10-17(19)28-4-2)20(25)30-12-18(24)23-14-6-5-7-15(11-14)31(22,26)27/h5-7,9-11H,3-4,8,12H2,1-2H3,(H,23,24)(H2,22,26,27). The maximum Gasteiger partial charge on any atom is 0.338 e. The van der Waals surface area contributed by atoms with Crippen LogP contribution in [0.15, 0.2) is 41.3 Å². The van der Waals surface area contributed by atoms with Crippen LogP contribution in [-0.2, 0) is 19.6 Å². The third-order valence-electron chi connectivity index (χ3n) is 3.78. The number of anilines is 1. The first-order valence-electron chi connectivity index (χ1n) is 9.34. The van der Waals surface area contributed by atoms with E-state index in [1.165, 1.54) is 36.4 Å². The Bertz CT molecular complexity index is 1060. The van der Waals surface area contributed by atoms with E-state index >= 15 is 0 Å². The quantitative estimate of drug-likeness (QED) is 0.509. The highest BCUT2D eigenvalue weighted by molar-refractivity contribution is 7.89. The maximum absolute atomic E-state index is 12.4. The second-order valence-corrected chi connectivity index (χ2v) is 8.23. The van der Waals surface area contributed by atoms with E-state index in [0.717, 1.165) is 6.42 Å². The molecule has 0 saturated heterocycles. The molecule has 0 aliphatic rings. The molecule has 168 valence electrons. The molecular weight excluding hydrogens is 448 g/mol. The van der Waals surface area contributed by atoms with Gasteiger partial charge in [-0.15, -0.1) is 0 Å². The van der Waals surface area contributed by atoms with Crippen LogP contribution in [0.5, 0.6) is 11.5 Å². The molecule has 2 aromatic rings. The summed E-state index contributed by atoms with van der Waals surface area (Å²) >= 11 is 6.22. The second-order valence-electron chi connectivity index (χ2n) is 6.26. The Balaban J connectivity index is 2.06. The van der Waals surface area contributed by atoms with E-state index < -0.39 is 28.5 Å². The lowest BCUT2D eigenvalue weighted by Crippen LogP contribution is -2.21. The van der Waals surface area contributed by atoms with Gasteiger partial charge in [0.1, 0.15) is 0 Å². The molecule has 0 spiro atoms. The molecule has 0 unspecified atom stereocenters. The zero-order valence-electron chi connectivity index (χ0n) is 17.0. The van der Waals surface area contributed by atoms with Gasteiger partial charge in [-0.2, -0.15) is 0 Å². The first kappa shape index (κ1) is 24.4. The highest BCUT2D eigenvalue weighted by Gasteiger charge is 2.18. The molecular formula is C20H23ClN2O7S. The summed E-state index contributed by atoms with van der Waals surface area (Å²) in [4.78, 5) is 24.3. The van der Waals surface area contributed by atoms with E-state index in [1.807, 2.05) is 6.92 Å². The smallest absolute Gasteiger partial charge is 0.338 e. The maximum atomic E-state index is 12.4. The Morgan fingerprint density at radius 1 is 1.13 bits per heavy atom. The van der Waals surface area contributed by atoms with Gasteiger partial charge >= 0.3 is 5.97 Å². The Labute approximate surface area is 185 Å². The molecule has 0 saturated carbocycles. The Hall–Kier alpha value is -2.82. The summed E-state index contributed by atoms with van der Waals surface area (Å²) in [5, 5.41) is 7.67. The summed E-state index contributed by atoms with van der Waals surface area (Å²) in [6, 6.07) is 8.16. The minimum absolute atomic E-state index is 0.0846. The van der Waals surface area contributed by atoms with Crippen molar-refractivity contribution in [3.05, 3.63) is 47.0 Å². The monoisotopic (exact) mass is 470 g/mol. The molecule has 0 radical (unpaired) electrons. The van der Waals surface area contributed by atoms with E-state index in [0.29, 0.717) is 24.7 Å². The lowest BCUT2D eigenvalue weighted by molar-refractivity contribution is -0.119. The number of rotatable bonds is 10. The molecule has 2 rings (SSSR count). The third kappa shape index (κ3) is 7.12. The highest BCUT2D eigenvalue weighted by atomic mass is 35.5. The van der Waals surface area contributed by atoms with E-state index in [-0.39, 0.29) is 21.2 Å². The summed E-state index contributed by atoms with van der Waals surface area (Å²) in [5.41, 5.74) is 0.271. The van der Waals surface area contributed by atoms with Gasteiger partial charge < -0.3 is 19.5 Å². The van der Waals surface area contributed by atoms with Crippen LogP contribution in [0, 0.1) is 0 Å². The van der Waals surface area contributed by atoms with Gasteiger partial charge in [0.15, 0.2) is 18.1 Å². The number of nitrogens with two attached hydrogens (primary N) is 1. The van der Waals surface area contributed by atoms with Crippen molar-refractivity contribution in [2.75, 3.05) is 25.1 Å². The van der Waals surface area contributed by atoms with Crippen molar-refractivity contribution in [2.45, 2.75) is 25.2 Å². The number of amides is 1. The summed E-state index contributed by atoms with van der Waals surface area (Å²) in [7, 11) is -3.92. The molecule has 0 aromatic heterocycles. The first-order chi connectivity index (χ1) is 14.7. The Morgan fingerprint density at radius 2 is 1.87 bits per heavy atom.